The normalized spacial score (nSPS) is 9.38. The zero-order chi connectivity index (χ0) is 13.5. The van der Waals surface area contributed by atoms with Gasteiger partial charge in [-0.1, -0.05) is 6.92 Å². The van der Waals surface area contributed by atoms with Crippen molar-refractivity contribution in [1.82, 2.24) is 25.2 Å². The molecule has 0 aliphatic rings. The van der Waals surface area contributed by atoms with E-state index in [9.17, 15) is 4.79 Å². The van der Waals surface area contributed by atoms with Crippen LogP contribution in [0.25, 0.3) is 5.82 Å². The number of pyridine rings is 1. The van der Waals surface area contributed by atoms with E-state index in [-0.39, 0.29) is 30.7 Å². The minimum atomic E-state index is -0.0957. The molecule has 0 aromatic carbocycles. The van der Waals surface area contributed by atoms with E-state index in [1.54, 1.807) is 41.6 Å². The number of amides is 1. The molecule has 2 aromatic heterocycles. The van der Waals surface area contributed by atoms with E-state index in [0.717, 1.165) is 13.1 Å². The molecule has 0 aliphatic heterocycles. The van der Waals surface area contributed by atoms with Gasteiger partial charge in [-0.2, -0.15) is 0 Å². The van der Waals surface area contributed by atoms with Gasteiger partial charge in [-0.25, -0.2) is 9.97 Å². The number of aromatic nitrogens is 3. The summed E-state index contributed by atoms with van der Waals surface area (Å²) in [5.41, 5.74) is 0.593. The molecule has 0 fully saturated rings. The highest BCUT2D eigenvalue weighted by molar-refractivity contribution is 5.94. The van der Waals surface area contributed by atoms with E-state index in [1.807, 2.05) is 6.92 Å². The van der Waals surface area contributed by atoms with Crippen LogP contribution in [0.3, 0.4) is 0 Å². The number of imidazole rings is 1. The van der Waals surface area contributed by atoms with Crippen molar-refractivity contribution in [1.29, 1.82) is 0 Å². The van der Waals surface area contributed by atoms with Crippen molar-refractivity contribution < 1.29 is 4.79 Å². The minimum Gasteiger partial charge on any atom is -0.351 e. The van der Waals surface area contributed by atoms with Gasteiger partial charge >= 0.3 is 0 Å². The van der Waals surface area contributed by atoms with Crippen LogP contribution in [0.15, 0.2) is 37.1 Å². The van der Waals surface area contributed by atoms with Gasteiger partial charge in [0.05, 0.1) is 0 Å². The van der Waals surface area contributed by atoms with Gasteiger partial charge in [-0.15, -0.1) is 24.8 Å². The summed E-state index contributed by atoms with van der Waals surface area (Å²) in [4.78, 5) is 20.1. The molecule has 0 radical (unpaired) electrons. The van der Waals surface area contributed by atoms with Crippen LogP contribution < -0.4 is 10.6 Å². The van der Waals surface area contributed by atoms with Gasteiger partial charge < -0.3 is 10.6 Å². The summed E-state index contributed by atoms with van der Waals surface area (Å²) in [6.45, 7) is 4.30. The number of hydrogen-bond acceptors (Lipinski definition) is 4. The van der Waals surface area contributed by atoms with Gasteiger partial charge in [-0.3, -0.25) is 9.36 Å². The Morgan fingerprint density at radius 2 is 2.10 bits per heavy atom. The number of carbonyl (C=O) groups excluding carboxylic acids is 1. The highest BCUT2D eigenvalue weighted by Crippen LogP contribution is 2.06. The van der Waals surface area contributed by atoms with Gasteiger partial charge in [0.1, 0.15) is 12.1 Å². The quantitative estimate of drug-likeness (QED) is 0.786. The van der Waals surface area contributed by atoms with Crippen LogP contribution in [0.1, 0.15) is 17.3 Å². The summed E-state index contributed by atoms with van der Waals surface area (Å²) >= 11 is 0. The van der Waals surface area contributed by atoms with Crippen LogP contribution in [0.2, 0.25) is 0 Å². The van der Waals surface area contributed by atoms with E-state index in [2.05, 4.69) is 20.6 Å². The zero-order valence-electron chi connectivity index (χ0n) is 11.7. The van der Waals surface area contributed by atoms with Crippen molar-refractivity contribution in [2.45, 2.75) is 6.92 Å². The van der Waals surface area contributed by atoms with Gasteiger partial charge in [0.15, 0.2) is 0 Å². The van der Waals surface area contributed by atoms with E-state index < -0.39 is 0 Å². The molecule has 8 heteroatoms. The van der Waals surface area contributed by atoms with E-state index in [4.69, 9.17) is 0 Å². The van der Waals surface area contributed by atoms with Gasteiger partial charge in [0.25, 0.3) is 5.91 Å². The van der Waals surface area contributed by atoms with Gasteiger partial charge in [0.2, 0.25) is 0 Å². The molecular formula is C13H19Cl2N5O. The van der Waals surface area contributed by atoms with Crippen LogP contribution in [-0.2, 0) is 0 Å². The number of nitrogens with zero attached hydrogens (tertiary/aromatic N) is 3. The van der Waals surface area contributed by atoms with Crippen molar-refractivity contribution in [3.63, 3.8) is 0 Å². The Labute approximate surface area is 136 Å². The predicted molar refractivity (Wildman–Crippen MR) is 86.7 cm³/mol. The largest absolute Gasteiger partial charge is 0.351 e. The fourth-order valence-electron chi connectivity index (χ4n) is 1.64. The first-order valence-electron chi connectivity index (χ1n) is 6.24. The topological polar surface area (TPSA) is 71.8 Å². The van der Waals surface area contributed by atoms with Crippen LogP contribution in [0.4, 0.5) is 0 Å². The summed E-state index contributed by atoms with van der Waals surface area (Å²) in [6.07, 6.45) is 6.73. The molecule has 21 heavy (non-hydrogen) atoms. The fraction of sp³-hybridized carbons (Fsp3) is 0.308. The summed E-state index contributed by atoms with van der Waals surface area (Å²) in [5, 5.41) is 6.00. The number of halogens is 2. The third-order valence-electron chi connectivity index (χ3n) is 2.61. The molecule has 0 saturated carbocycles. The van der Waals surface area contributed by atoms with Crippen LogP contribution >= 0.6 is 24.8 Å². The SMILES string of the molecule is CCNCCNC(=O)c1ccnc(-n2ccnc2)c1.Cl.Cl. The first kappa shape index (κ1) is 19.4. The lowest BCUT2D eigenvalue weighted by molar-refractivity contribution is 0.0954. The summed E-state index contributed by atoms with van der Waals surface area (Å²) < 4.78 is 1.76. The fourth-order valence-corrected chi connectivity index (χ4v) is 1.64. The molecule has 1 amide bonds. The first-order valence-corrected chi connectivity index (χ1v) is 6.24. The van der Waals surface area contributed by atoms with Crippen LogP contribution in [0, 0.1) is 0 Å². The maximum absolute atomic E-state index is 11.9. The standard InChI is InChI=1S/C13H17N5O.2ClH/c1-2-14-5-6-17-13(19)11-3-4-16-12(9-11)18-8-7-15-10-18;;/h3-4,7-10,14H,2,5-6H2,1H3,(H,17,19);2*1H. The molecule has 0 aliphatic carbocycles. The van der Waals surface area contributed by atoms with Crippen molar-refractivity contribution in [3.05, 3.63) is 42.6 Å². The minimum absolute atomic E-state index is 0. The number of hydrogen-bond donors (Lipinski definition) is 2. The number of carbonyl (C=O) groups is 1. The lowest BCUT2D eigenvalue weighted by Crippen LogP contribution is -2.31. The Kier molecular flexibility index (Phi) is 9.36. The molecular weight excluding hydrogens is 313 g/mol. The lowest BCUT2D eigenvalue weighted by Gasteiger charge is -2.07. The smallest absolute Gasteiger partial charge is 0.251 e. The third kappa shape index (κ3) is 5.71. The predicted octanol–water partition coefficient (Wildman–Crippen LogP) is 1.45. The van der Waals surface area contributed by atoms with E-state index >= 15 is 0 Å². The summed E-state index contributed by atoms with van der Waals surface area (Å²) in [7, 11) is 0. The van der Waals surface area contributed by atoms with Crippen LogP contribution in [0.5, 0.6) is 0 Å². The molecule has 2 aromatic rings. The molecule has 0 bridgehead atoms. The van der Waals surface area contributed by atoms with Crippen molar-refractivity contribution in [2.24, 2.45) is 0 Å². The van der Waals surface area contributed by atoms with Crippen molar-refractivity contribution in [2.75, 3.05) is 19.6 Å². The Morgan fingerprint density at radius 1 is 1.29 bits per heavy atom. The second-order valence-electron chi connectivity index (χ2n) is 3.98. The molecule has 6 nitrogen and oxygen atoms in total. The first-order chi connectivity index (χ1) is 9.31. The average molecular weight is 332 g/mol. The van der Waals surface area contributed by atoms with E-state index in [1.165, 1.54) is 0 Å². The molecule has 0 unspecified atom stereocenters. The second-order valence-corrected chi connectivity index (χ2v) is 3.98. The molecule has 0 saturated heterocycles. The molecule has 2 heterocycles. The monoisotopic (exact) mass is 331 g/mol. The lowest BCUT2D eigenvalue weighted by atomic mass is 10.2. The van der Waals surface area contributed by atoms with Gasteiger partial charge in [0, 0.05) is 37.2 Å². The molecule has 116 valence electrons. The summed E-state index contributed by atoms with van der Waals surface area (Å²) in [5.74, 6) is 0.582. The maximum Gasteiger partial charge on any atom is 0.251 e. The molecule has 0 atom stereocenters. The maximum atomic E-state index is 11.9. The third-order valence-corrected chi connectivity index (χ3v) is 2.61. The summed E-state index contributed by atoms with van der Waals surface area (Å²) in [6, 6.07) is 3.44. The van der Waals surface area contributed by atoms with Crippen molar-refractivity contribution >= 4 is 30.7 Å². The number of rotatable bonds is 6. The Bertz CT molecular complexity index is 533. The molecule has 2 N–H and O–H groups in total. The second kappa shape index (κ2) is 10.1. The van der Waals surface area contributed by atoms with Crippen molar-refractivity contribution in [3.8, 4) is 5.82 Å². The Balaban J connectivity index is 0.00000200. The number of likely N-dealkylation sites (N-methyl/N-ethyl adjacent to an activating group) is 1. The Morgan fingerprint density at radius 3 is 2.76 bits per heavy atom. The van der Waals surface area contributed by atoms with Gasteiger partial charge in [-0.05, 0) is 18.7 Å². The zero-order valence-corrected chi connectivity index (χ0v) is 13.3. The highest BCUT2D eigenvalue weighted by Gasteiger charge is 2.06. The highest BCUT2D eigenvalue weighted by atomic mass is 35.5. The number of nitrogens with one attached hydrogen (secondary N) is 2. The molecule has 2 rings (SSSR count). The average Bonchev–Trinajstić information content (AvgIpc) is 2.98. The van der Waals surface area contributed by atoms with E-state index in [0.29, 0.717) is 17.9 Å². The van der Waals surface area contributed by atoms with Crippen LogP contribution in [-0.4, -0.2) is 40.1 Å². The Hall–Kier alpha value is -1.63. The molecule has 0 spiro atoms.